The average molecular weight is 364 g/mol. The van der Waals surface area contributed by atoms with Crippen LogP contribution in [-0.4, -0.2) is 41.9 Å². The first-order valence-electron chi connectivity index (χ1n) is 11.0. The Morgan fingerprint density at radius 1 is 0.885 bits per heavy atom. The summed E-state index contributed by atoms with van der Waals surface area (Å²) in [4.78, 5) is 27.3. The highest BCUT2D eigenvalue weighted by Crippen LogP contribution is 2.30. The van der Waals surface area contributed by atoms with Gasteiger partial charge in [-0.15, -0.1) is 0 Å². The summed E-state index contributed by atoms with van der Waals surface area (Å²) >= 11 is 0. The minimum absolute atomic E-state index is 0.133. The van der Waals surface area contributed by atoms with Crippen molar-refractivity contribution >= 4 is 11.8 Å². The molecule has 1 heterocycles. The van der Waals surface area contributed by atoms with Gasteiger partial charge in [0.1, 0.15) is 0 Å². The molecule has 1 saturated heterocycles. The molecule has 0 spiro atoms. The summed E-state index contributed by atoms with van der Waals surface area (Å²) in [6, 6.07) is 0.506. The second kappa shape index (κ2) is 9.72. The third-order valence-electron chi connectivity index (χ3n) is 6.82. The monoisotopic (exact) mass is 363 g/mol. The molecular formula is C21H37N3O2. The van der Waals surface area contributed by atoms with E-state index < -0.39 is 0 Å². The maximum absolute atomic E-state index is 12.9. The highest BCUT2D eigenvalue weighted by Gasteiger charge is 2.33. The molecule has 2 amide bonds. The van der Waals surface area contributed by atoms with Crippen LogP contribution in [0.1, 0.15) is 83.5 Å². The number of carbonyl (C=O) groups excluding carboxylic acids is 2. The molecule has 1 unspecified atom stereocenters. The molecule has 3 N–H and O–H groups in total. The van der Waals surface area contributed by atoms with Gasteiger partial charge in [0, 0.05) is 37.5 Å². The molecule has 0 aromatic rings. The van der Waals surface area contributed by atoms with Crippen LogP contribution in [0.2, 0.25) is 0 Å². The lowest BCUT2D eigenvalue weighted by Gasteiger charge is -2.39. The molecule has 148 valence electrons. The van der Waals surface area contributed by atoms with E-state index in [0.717, 1.165) is 45.1 Å². The first-order chi connectivity index (χ1) is 12.7. The summed E-state index contributed by atoms with van der Waals surface area (Å²) in [5.41, 5.74) is 5.87. The van der Waals surface area contributed by atoms with Gasteiger partial charge < -0.3 is 16.0 Å². The Kier molecular flexibility index (Phi) is 7.35. The van der Waals surface area contributed by atoms with Gasteiger partial charge in [-0.2, -0.15) is 0 Å². The normalized spacial score (nSPS) is 30.8. The Morgan fingerprint density at radius 2 is 1.58 bits per heavy atom. The van der Waals surface area contributed by atoms with E-state index in [-0.39, 0.29) is 23.9 Å². The average Bonchev–Trinajstić information content (AvgIpc) is 2.68. The molecule has 1 aliphatic heterocycles. The Balaban J connectivity index is 1.40. The minimum Gasteiger partial charge on any atom is -0.353 e. The van der Waals surface area contributed by atoms with Crippen molar-refractivity contribution in [3.8, 4) is 0 Å². The fraction of sp³-hybridized carbons (Fsp3) is 0.905. The van der Waals surface area contributed by atoms with Gasteiger partial charge in [0.25, 0.3) is 0 Å². The zero-order valence-electron chi connectivity index (χ0n) is 16.3. The number of nitrogens with two attached hydrogens (primary N) is 1. The maximum atomic E-state index is 12.9. The smallest absolute Gasteiger partial charge is 0.225 e. The molecule has 2 aliphatic carbocycles. The summed E-state index contributed by atoms with van der Waals surface area (Å²) in [5, 5.41) is 3.24. The fourth-order valence-electron chi connectivity index (χ4n) is 5.20. The van der Waals surface area contributed by atoms with Crippen LogP contribution in [0.3, 0.4) is 0 Å². The molecule has 1 atom stereocenters. The minimum atomic E-state index is 0.133. The van der Waals surface area contributed by atoms with Crippen LogP contribution in [0.15, 0.2) is 0 Å². The molecule has 3 aliphatic rings. The zero-order chi connectivity index (χ0) is 18.4. The van der Waals surface area contributed by atoms with Gasteiger partial charge >= 0.3 is 0 Å². The lowest BCUT2D eigenvalue weighted by molar-refractivity contribution is -0.140. The lowest BCUT2D eigenvalue weighted by Crippen LogP contribution is -2.50. The lowest BCUT2D eigenvalue weighted by atomic mass is 9.83. The van der Waals surface area contributed by atoms with Crippen molar-refractivity contribution in [2.24, 2.45) is 17.6 Å². The molecule has 2 saturated carbocycles. The van der Waals surface area contributed by atoms with Gasteiger partial charge in [-0.25, -0.2) is 0 Å². The highest BCUT2D eigenvalue weighted by molar-refractivity contribution is 5.79. The molecule has 26 heavy (non-hydrogen) atoms. The molecule has 0 bridgehead atoms. The summed E-state index contributed by atoms with van der Waals surface area (Å²) in [7, 11) is 0. The van der Waals surface area contributed by atoms with E-state index in [1.165, 1.54) is 38.5 Å². The largest absolute Gasteiger partial charge is 0.353 e. The maximum Gasteiger partial charge on any atom is 0.225 e. The molecule has 0 aromatic carbocycles. The van der Waals surface area contributed by atoms with Crippen LogP contribution < -0.4 is 11.1 Å². The third-order valence-corrected chi connectivity index (χ3v) is 6.82. The second-order valence-electron chi connectivity index (χ2n) is 8.74. The van der Waals surface area contributed by atoms with Crippen LogP contribution >= 0.6 is 0 Å². The number of hydrogen-bond acceptors (Lipinski definition) is 3. The third kappa shape index (κ3) is 5.21. The van der Waals surface area contributed by atoms with Gasteiger partial charge in [-0.05, 0) is 63.7 Å². The summed E-state index contributed by atoms with van der Waals surface area (Å²) in [6.07, 6.45) is 14.1. The Morgan fingerprint density at radius 3 is 2.27 bits per heavy atom. The second-order valence-corrected chi connectivity index (χ2v) is 8.74. The SMILES string of the molecule is NCC1CCCCN1C(=O)C1CCC(NC(=O)CC2CCCCC2)CC1. The number of rotatable bonds is 5. The van der Waals surface area contributed by atoms with Crippen molar-refractivity contribution in [3.05, 3.63) is 0 Å². The van der Waals surface area contributed by atoms with Crippen LogP contribution in [0, 0.1) is 11.8 Å². The van der Waals surface area contributed by atoms with E-state index >= 15 is 0 Å². The van der Waals surface area contributed by atoms with Gasteiger partial charge in [-0.3, -0.25) is 9.59 Å². The number of piperidine rings is 1. The summed E-state index contributed by atoms with van der Waals surface area (Å²) < 4.78 is 0. The molecule has 3 fully saturated rings. The van der Waals surface area contributed by atoms with Crippen LogP contribution in [-0.2, 0) is 9.59 Å². The quantitative estimate of drug-likeness (QED) is 0.788. The fourth-order valence-corrected chi connectivity index (χ4v) is 5.20. The molecule has 5 nitrogen and oxygen atoms in total. The van der Waals surface area contributed by atoms with Crippen molar-refractivity contribution in [2.45, 2.75) is 95.6 Å². The molecular weight excluding hydrogens is 326 g/mol. The van der Waals surface area contributed by atoms with E-state index in [4.69, 9.17) is 5.73 Å². The molecule has 3 rings (SSSR count). The zero-order valence-corrected chi connectivity index (χ0v) is 16.3. The van der Waals surface area contributed by atoms with Crippen molar-refractivity contribution < 1.29 is 9.59 Å². The van der Waals surface area contributed by atoms with Crippen molar-refractivity contribution in [1.29, 1.82) is 0 Å². The standard InChI is InChI=1S/C21H37N3O2/c22-15-19-8-4-5-13-24(19)21(26)17-9-11-18(12-10-17)23-20(25)14-16-6-2-1-3-7-16/h16-19H,1-15,22H2,(H,23,25). The Hall–Kier alpha value is -1.10. The van der Waals surface area contributed by atoms with Gasteiger partial charge in [0.2, 0.25) is 11.8 Å². The molecule has 5 heteroatoms. The van der Waals surface area contributed by atoms with Crippen LogP contribution in [0.5, 0.6) is 0 Å². The van der Waals surface area contributed by atoms with Crippen molar-refractivity contribution in [2.75, 3.05) is 13.1 Å². The van der Waals surface area contributed by atoms with Gasteiger partial charge in [-0.1, -0.05) is 19.3 Å². The van der Waals surface area contributed by atoms with Crippen LogP contribution in [0.4, 0.5) is 0 Å². The van der Waals surface area contributed by atoms with Crippen LogP contribution in [0.25, 0.3) is 0 Å². The number of hydrogen-bond donors (Lipinski definition) is 2. The Bertz CT molecular complexity index is 468. The van der Waals surface area contributed by atoms with E-state index in [1.54, 1.807) is 0 Å². The first-order valence-corrected chi connectivity index (χ1v) is 11.0. The number of amides is 2. The van der Waals surface area contributed by atoms with Gasteiger partial charge in [0.05, 0.1) is 0 Å². The van der Waals surface area contributed by atoms with Crippen molar-refractivity contribution in [3.63, 3.8) is 0 Å². The van der Waals surface area contributed by atoms with E-state index in [0.29, 0.717) is 24.8 Å². The number of nitrogens with one attached hydrogen (secondary N) is 1. The van der Waals surface area contributed by atoms with E-state index in [9.17, 15) is 9.59 Å². The number of carbonyl (C=O) groups is 2. The number of nitrogens with zero attached hydrogens (tertiary/aromatic N) is 1. The number of likely N-dealkylation sites (tertiary alicyclic amines) is 1. The molecule has 0 radical (unpaired) electrons. The van der Waals surface area contributed by atoms with E-state index in [1.807, 2.05) is 0 Å². The van der Waals surface area contributed by atoms with Crippen molar-refractivity contribution in [1.82, 2.24) is 10.2 Å². The van der Waals surface area contributed by atoms with E-state index in [2.05, 4.69) is 10.2 Å². The predicted molar refractivity (Wildman–Crippen MR) is 103 cm³/mol. The highest BCUT2D eigenvalue weighted by atomic mass is 16.2. The first kappa shape index (κ1) is 19.7. The summed E-state index contributed by atoms with van der Waals surface area (Å²) in [6.45, 7) is 1.46. The summed E-state index contributed by atoms with van der Waals surface area (Å²) in [5.74, 6) is 1.26. The van der Waals surface area contributed by atoms with Gasteiger partial charge in [0.15, 0.2) is 0 Å². The Labute approximate surface area is 158 Å². The topological polar surface area (TPSA) is 75.4 Å². The predicted octanol–water partition coefficient (Wildman–Crippen LogP) is 2.97. The molecule has 0 aromatic heterocycles.